The lowest BCUT2D eigenvalue weighted by Crippen LogP contribution is -2.40. The van der Waals surface area contributed by atoms with Gasteiger partial charge in [0.2, 0.25) is 5.91 Å². The molecule has 0 saturated heterocycles. The Bertz CT molecular complexity index is 1210. The molecule has 2 N–H and O–H groups in total. The highest BCUT2D eigenvalue weighted by Crippen LogP contribution is 2.38. The SMILES string of the molecule is CC1Cc2cc(F)c(S(N)=O)cc2N1C(=O)C1Cc2ccc(-c3ccccn3)cc2C1. The highest BCUT2D eigenvalue weighted by atomic mass is 32.2. The van der Waals surface area contributed by atoms with Gasteiger partial charge in [0, 0.05) is 29.4 Å². The molecular formula is C24H22FN3O2S. The molecule has 5 rings (SSSR count). The van der Waals surface area contributed by atoms with Crippen molar-refractivity contribution in [1.29, 1.82) is 0 Å². The average Bonchev–Trinajstić information content (AvgIpc) is 3.32. The number of pyridine rings is 1. The number of aromatic nitrogens is 1. The maximum Gasteiger partial charge on any atom is 0.231 e. The first-order chi connectivity index (χ1) is 14.9. The van der Waals surface area contributed by atoms with Crippen molar-refractivity contribution in [3.8, 4) is 11.3 Å². The largest absolute Gasteiger partial charge is 0.309 e. The first-order valence-corrected chi connectivity index (χ1v) is 11.5. The molecule has 0 spiro atoms. The second-order valence-electron chi connectivity index (χ2n) is 8.27. The van der Waals surface area contributed by atoms with Crippen molar-refractivity contribution in [3.63, 3.8) is 0 Å². The Hall–Kier alpha value is -2.90. The van der Waals surface area contributed by atoms with Gasteiger partial charge in [-0.1, -0.05) is 18.2 Å². The number of nitrogens with zero attached hydrogens (tertiary/aromatic N) is 2. The van der Waals surface area contributed by atoms with Crippen molar-refractivity contribution < 1.29 is 13.4 Å². The molecule has 1 amide bonds. The minimum atomic E-state index is -1.95. The van der Waals surface area contributed by atoms with Gasteiger partial charge in [-0.05, 0) is 73.2 Å². The van der Waals surface area contributed by atoms with Crippen molar-refractivity contribution >= 4 is 22.6 Å². The Kier molecular flexibility index (Phi) is 4.95. The molecule has 158 valence electrons. The maximum absolute atomic E-state index is 14.2. The molecule has 5 nitrogen and oxygen atoms in total. The zero-order valence-electron chi connectivity index (χ0n) is 17.0. The molecule has 0 radical (unpaired) electrons. The Labute approximate surface area is 182 Å². The van der Waals surface area contributed by atoms with E-state index in [2.05, 4.69) is 17.1 Å². The lowest BCUT2D eigenvalue weighted by atomic mass is 10.0. The molecule has 2 aliphatic rings. The van der Waals surface area contributed by atoms with E-state index in [0.717, 1.165) is 22.4 Å². The van der Waals surface area contributed by atoms with E-state index in [1.807, 2.05) is 31.2 Å². The average molecular weight is 436 g/mol. The van der Waals surface area contributed by atoms with Crippen molar-refractivity contribution in [2.75, 3.05) is 4.90 Å². The number of carbonyl (C=O) groups excluding carboxylic acids is 1. The van der Waals surface area contributed by atoms with Crippen LogP contribution in [0.25, 0.3) is 11.3 Å². The topological polar surface area (TPSA) is 76.3 Å². The van der Waals surface area contributed by atoms with Gasteiger partial charge in [-0.2, -0.15) is 0 Å². The van der Waals surface area contributed by atoms with E-state index in [-0.39, 0.29) is 22.8 Å². The Morgan fingerprint density at radius 2 is 1.90 bits per heavy atom. The van der Waals surface area contributed by atoms with Crippen LogP contribution in [0.5, 0.6) is 0 Å². The predicted octanol–water partition coefficient (Wildman–Crippen LogP) is 3.56. The number of fused-ring (bicyclic) bond motifs is 2. The summed E-state index contributed by atoms with van der Waals surface area (Å²) in [5.41, 5.74) is 5.66. The van der Waals surface area contributed by atoms with Crippen molar-refractivity contribution in [3.05, 3.63) is 77.2 Å². The zero-order valence-corrected chi connectivity index (χ0v) is 17.9. The van der Waals surface area contributed by atoms with Gasteiger partial charge in [0.1, 0.15) is 16.8 Å². The van der Waals surface area contributed by atoms with Crippen LogP contribution < -0.4 is 10.0 Å². The number of halogens is 1. The fourth-order valence-electron chi connectivity index (χ4n) is 4.79. The van der Waals surface area contributed by atoms with Gasteiger partial charge in [0.25, 0.3) is 0 Å². The normalized spacial score (nSPS) is 20.4. The molecule has 3 atom stereocenters. The van der Waals surface area contributed by atoms with Gasteiger partial charge in [0.05, 0.1) is 10.6 Å². The summed E-state index contributed by atoms with van der Waals surface area (Å²) in [7, 11) is -1.95. The lowest BCUT2D eigenvalue weighted by molar-refractivity contribution is -0.122. The Morgan fingerprint density at radius 1 is 1.10 bits per heavy atom. The number of hydrogen-bond acceptors (Lipinski definition) is 3. The highest BCUT2D eigenvalue weighted by Gasteiger charge is 2.38. The van der Waals surface area contributed by atoms with Crippen molar-refractivity contribution in [2.24, 2.45) is 11.1 Å². The van der Waals surface area contributed by atoms with E-state index in [0.29, 0.717) is 24.9 Å². The predicted molar refractivity (Wildman–Crippen MR) is 118 cm³/mol. The van der Waals surface area contributed by atoms with Gasteiger partial charge >= 0.3 is 0 Å². The molecule has 0 saturated carbocycles. The van der Waals surface area contributed by atoms with Crippen molar-refractivity contribution in [2.45, 2.75) is 37.1 Å². The van der Waals surface area contributed by atoms with E-state index in [9.17, 15) is 13.4 Å². The van der Waals surface area contributed by atoms with Crippen LogP contribution in [0.4, 0.5) is 10.1 Å². The number of benzene rings is 2. The second-order valence-corrected chi connectivity index (χ2v) is 9.31. The van der Waals surface area contributed by atoms with Crippen LogP contribution in [0.1, 0.15) is 23.6 Å². The van der Waals surface area contributed by atoms with Crippen LogP contribution in [-0.2, 0) is 35.0 Å². The van der Waals surface area contributed by atoms with Gasteiger partial charge < -0.3 is 4.90 Å². The standard InChI is InChI=1S/C24H22FN3O2S/c1-14-8-18-12-20(25)23(31(26)30)13-22(18)28(14)24(29)19-9-15-5-6-16(10-17(15)11-19)21-4-2-3-7-27-21/h2-7,10,12-14,19H,8-9,11,26H2,1H3. The summed E-state index contributed by atoms with van der Waals surface area (Å²) in [6, 6.07) is 14.8. The summed E-state index contributed by atoms with van der Waals surface area (Å²) in [6.45, 7) is 1.95. The van der Waals surface area contributed by atoms with Crippen LogP contribution in [0.3, 0.4) is 0 Å². The Balaban J connectivity index is 1.43. The summed E-state index contributed by atoms with van der Waals surface area (Å²) in [5, 5.41) is 5.43. The van der Waals surface area contributed by atoms with Gasteiger partial charge in [-0.3, -0.25) is 9.78 Å². The number of rotatable bonds is 3. The number of hydrogen-bond donors (Lipinski definition) is 1. The number of anilines is 1. The van der Waals surface area contributed by atoms with E-state index in [1.54, 1.807) is 11.1 Å². The Morgan fingerprint density at radius 3 is 2.65 bits per heavy atom. The lowest BCUT2D eigenvalue weighted by Gasteiger charge is -2.26. The second kappa shape index (κ2) is 7.66. The maximum atomic E-state index is 14.2. The summed E-state index contributed by atoms with van der Waals surface area (Å²) in [4.78, 5) is 19.6. The minimum Gasteiger partial charge on any atom is -0.309 e. The summed E-state index contributed by atoms with van der Waals surface area (Å²) in [6.07, 6.45) is 3.67. The number of nitrogens with two attached hydrogens (primary N) is 1. The van der Waals surface area contributed by atoms with Crippen LogP contribution >= 0.6 is 0 Å². The number of carbonyl (C=O) groups is 1. The fraction of sp³-hybridized carbons (Fsp3) is 0.250. The molecule has 1 aromatic heterocycles. The van der Waals surface area contributed by atoms with E-state index in [1.165, 1.54) is 17.7 Å². The van der Waals surface area contributed by atoms with E-state index >= 15 is 0 Å². The smallest absolute Gasteiger partial charge is 0.231 e. The van der Waals surface area contributed by atoms with E-state index in [4.69, 9.17) is 5.14 Å². The zero-order chi connectivity index (χ0) is 21.7. The number of amides is 1. The minimum absolute atomic E-state index is 0.0159. The molecule has 1 aliphatic carbocycles. The highest BCUT2D eigenvalue weighted by molar-refractivity contribution is 7.82. The fourth-order valence-corrected chi connectivity index (χ4v) is 5.27. The monoisotopic (exact) mass is 435 g/mol. The molecule has 31 heavy (non-hydrogen) atoms. The van der Waals surface area contributed by atoms with Crippen LogP contribution in [0.15, 0.2) is 59.6 Å². The molecule has 7 heteroatoms. The summed E-state index contributed by atoms with van der Waals surface area (Å²) >= 11 is 0. The van der Waals surface area contributed by atoms with Gasteiger partial charge in [0.15, 0.2) is 0 Å². The van der Waals surface area contributed by atoms with Crippen molar-refractivity contribution in [1.82, 2.24) is 4.98 Å². The van der Waals surface area contributed by atoms with Crippen LogP contribution in [0.2, 0.25) is 0 Å². The molecule has 0 bridgehead atoms. The van der Waals surface area contributed by atoms with Gasteiger partial charge in [-0.25, -0.2) is 13.7 Å². The van der Waals surface area contributed by atoms with Gasteiger partial charge in [-0.15, -0.1) is 0 Å². The molecule has 3 aromatic rings. The summed E-state index contributed by atoms with van der Waals surface area (Å²) in [5.74, 6) is -0.752. The first-order valence-electron chi connectivity index (χ1n) is 10.3. The third kappa shape index (κ3) is 3.47. The molecule has 2 heterocycles. The molecule has 2 aromatic carbocycles. The molecular weight excluding hydrogens is 413 g/mol. The molecule has 3 unspecified atom stereocenters. The van der Waals surface area contributed by atoms with Crippen LogP contribution in [0, 0.1) is 11.7 Å². The summed E-state index contributed by atoms with van der Waals surface area (Å²) < 4.78 is 25.9. The quantitative estimate of drug-likeness (QED) is 0.683. The van der Waals surface area contributed by atoms with Crippen LogP contribution in [-0.4, -0.2) is 21.1 Å². The first kappa shape index (κ1) is 20.0. The molecule has 0 fully saturated rings. The third-order valence-electron chi connectivity index (χ3n) is 6.25. The third-order valence-corrected chi connectivity index (χ3v) is 7.00. The molecule has 1 aliphatic heterocycles. The van der Waals surface area contributed by atoms with E-state index < -0.39 is 16.8 Å².